The molecule has 1 amide bonds. The maximum Gasteiger partial charge on any atom is 0.282 e. The van der Waals surface area contributed by atoms with E-state index in [1.807, 2.05) is 27.9 Å². The number of amides is 1. The summed E-state index contributed by atoms with van der Waals surface area (Å²) in [6, 6.07) is 4.39. The molecule has 0 bridgehead atoms. The van der Waals surface area contributed by atoms with Crippen molar-refractivity contribution in [2.24, 2.45) is 11.3 Å². The van der Waals surface area contributed by atoms with E-state index in [4.69, 9.17) is 9.47 Å². The Bertz CT molecular complexity index is 1200. The molecule has 1 unspecified atom stereocenters. The minimum absolute atomic E-state index is 0.0427. The highest BCUT2D eigenvalue weighted by atomic mass is 19.1. The molecule has 1 spiro atoms. The number of anilines is 1. The first-order chi connectivity index (χ1) is 20.0. The third-order valence-electron chi connectivity index (χ3n) is 8.63. The average molecular weight is 586 g/mol. The molecular formula is C31H48FN7O3. The topological polar surface area (TPSA) is 87.2 Å². The summed E-state index contributed by atoms with van der Waals surface area (Å²) >= 11 is 0. The van der Waals surface area contributed by atoms with Gasteiger partial charge in [-0.25, -0.2) is 9.37 Å². The average Bonchev–Trinajstić information content (AvgIpc) is 3.37. The zero-order valence-electron chi connectivity index (χ0n) is 26.5. The van der Waals surface area contributed by atoms with Crippen molar-refractivity contribution in [2.45, 2.75) is 65.6 Å². The quantitative estimate of drug-likeness (QED) is 0.344. The zero-order valence-corrected chi connectivity index (χ0v) is 26.5. The zero-order chi connectivity index (χ0) is 30.6. The molecule has 2 fully saturated rings. The summed E-state index contributed by atoms with van der Waals surface area (Å²) in [4.78, 5) is 26.5. The lowest BCUT2D eigenvalue weighted by Gasteiger charge is -2.53. The van der Waals surface area contributed by atoms with Crippen LogP contribution in [0.4, 0.5) is 10.2 Å². The number of carbonyl (C=O) groups is 1. The molecule has 2 saturated heterocycles. The van der Waals surface area contributed by atoms with Gasteiger partial charge in [0.25, 0.3) is 11.8 Å². The minimum Gasteiger partial charge on any atom is -0.434 e. The van der Waals surface area contributed by atoms with Gasteiger partial charge in [0.15, 0.2) is 5.82 Å². The van der Waals surface area contributed by atoms with Gasteiger partial charge >= 0.3 is 0 Å². The lowest BCUT2D eigenvalue weighted by molar-refractivity contribution is -0.0529. The Hall–Kier alpha value is -2.89. The molecule has 11 heteroatoms. The van der Waals surface area contributed by atoms with Crippen molar-refractivity contribution in [1.82, 2.24) is 29.9 Å². The van der Waals surface area contributed by atoms with E-state index in [9.17, 15) is 9.18 Å². The van der Waals surface area contributed by atoms with Crippen LogP contribution < -0.4 is 9.64 Å². The smallest absolute Gasteiger partial charge is 0.282 e. The molecule has 0 radical (unpaired) electrons. The number of hydrogen-bond acceptors (Lipinski definition) is 9. The fourth-order valence-electron chi connectivity index (χ4n) is 6.49. The summed E-state index contributed by atoms with van der Waals surface area (Å²) in [6.07, 6.45) is 3.66. The van der Waals surface area contributed by atoms with Crippen LogP contribution in [0.2, 0.25) is 0 Å². The number of likely N-dealkylation sites (tertiary alicyclic amines) is 1. The number of rotatable bonds is 13. The van der Waals surface area contributed by atoms with E-state index in [0.717, 1.165) is 45.6 Å². The molecule has 2 atom stereocenters. The predicted octanol–water partition coefficient (Wildman–Crippen LogP) is 4.18. The van der Waals surface area contributed by atoms with E-state index in [1.54, 1.807) is 4.90 Å². The van der Waals surface area contributed by atoms with Crippen LogP contribution in [0, 0.1) is 17.2 Å². The molecule has 4 rings (SSSR count). The molecule has 0 N–H and O–H groups in total. The van der Waals surface area contributed by atoms with Crippen LogP contribution in [0.5, 0.6) is 11.6 Å². The van der Waals surface area contributed by atoms with Crippen LogP contribution in [-0.2, 0) is 4.74 Å². The Kier molecular flexibility index (Phi) is 10.4. The van der Waals surface area contributed by atoms with Crippen LogP contribution >= 0.6 is 0 Å². The van der Waals surface area contributed by atoms with Crippen molar-refractivity contribution in [3.8, 4) is 11.6 Å². The van der Waals surface area contributed by atoms with E-state index < -0.39 is 5.82 Å². The normalized spacial score (nSPS) is 18.1. The maximum atomic E-state index is 14.3. The van der Waals surface area contributed by atoms with Gasteiger partial charge in [0.05, 0.1) is 11.7 Å². The van der Waals surface area contributed by atoms with Crippen molar-refractivity contribution >= 4 is 11.7 Å². The molecule has 232 valence electrons. The third-order valence-corrected chi connectivity index (χ3v) is 8.63. The number of carbonyl (C=O) groups excluding carboxylic acids is 1. The van der Waals surface area contributed by atoms with E-state index in [1.165, 1.54) is 24.5 Å². The fraction of sp³-hybridized carbons (Fsp3) is 0.677. The van der Waals surface area contributed by atoms with Gasteiger partial charge in [-0.15, -0.1) is 10.2 Å². The molecule has 2 aliphatic heterocycles. The molecule has 3 heterocycles. The van der Waals surface area contributed by atoms with Crippen LogP contribution in [0.15, 0.2) is 24.5 Å². The Balaban J connectivity index is 1.48. The number of benzene rings is 1. The minimum atomic E-state index is -0.503. The fourth-order valence-corrected chi connectivity index (χ4v) is 6.49. The van der Waals surface area contributed by atoms with Crippen LogP contribution in [0.3, 0.4) is 0 Å². The maximum absolute atomic E-state index is 14.3. The number of hydrogen-bond donors (Lipinski definition) is 0. The lowest BCUT2D eigenvalue weighted by atomic mass is 9.76. The predicted molar refractivity (Wildman–Crippen MR) is 162 cm³/mol. The number of aromatic nitrogens is 3. The molecule has 10 nitrogen and oxygen atoms in total. The van der Waals surface area contributed by atoms with Crippen molar-refractivity contribution in [2.75, 3.05) is 65.4 Å². The van der Waals surface area contributed by atoms with Gasteiger partial charge in [-0.1, -0.05) is 13.8 Å². The Morgan fingerprint density at radius 1 is 1.17 bits per heavy atom. The molecule has 42 heavy (non-hydrogen) atoms. The summed E-state index contributed by atoms with van der Waals surface area (Å²) in [5, 5.41) is 8.20. The summed E-state index contributed by atoms with van der Waals surface area (Å²) in [5.41, 5.74) is 0.327. The molecule has 1 aromatic carbocycles. The van der Waals surface area contributed by atoms with Crippen molar-refractivity contribution < 1.29 is 18.7 Å². The standard InChI is InChI=1S/C31H48FN7O3/c1-9-39(22(4)5)30(40)25-14-23(32)10-11-27(25)42-29-28(33-20-34-35-29)37-13-12-31(17-37)18-38(19-31)26(21(2)3)15-24(41-8)16-36(6)7/h10-11,14,20-22,24,26H,9,12-13,15-19H2,1-8H3/t24-,26?/m1/s1. The largest absolute Gasteiger partial charge is 0.434 e. The van der Waals surface area contributed by atoms with Gasteiger partial charge in [0.1, 0.15) is 17.9 Å². The van der Waals surface area contributed by atoms with E-state index in [-0.39, 0.29) is 40.7 Å². The number of ether oxygens (including phenoxy) is 2. The highest BCUT2D eigenvalue weighted by Gasteiger charge is 2.50. The first kappa shape index (κ1) is 32.0. The molecule has 0 aliphatic carbocycles. The monoisotopic (exact) mass is 585 g/mol. The number of likely N-dealkylation sites (N-methyl/N-ethyl adjacent to an activating group) is 1. The van der Waals surface area contributed by atoms with Crippen molar-refractivity contribution in [1.29, 1.82) is 0 Å². The number of methoxy groups -OCH3 is 1. The van der Waals surface area contributed by atoms with Gasteiger partial charge in [0, 0.05) is 63.9 Å². The van der Waals surface area contributed by atoms with E-state index in [0.29, 0.717) is 24.3 Å². The van der Waals surface area contributed by atoms with Gasteiger partial charge in [-0.2, -0.15) is 0 Å². The summed E-state index contributed by atoms with van der Waals surface area (Å²) in [7, 11) is 5.98. The molecule has 1 aromatic heterocycles. The van der Waals surface area contributed by atoms with Crippen molar-refractivity contribution in [3.63, 3.8) is 0 Å². The Labute approximate surface area is 250 Å². The molecule has 2 aliphatic rings. The van der Waals surface area contributed by atoms with E-state index in [2.05, 4.69) is 57.8 Å². The summed E-state index contributed by atoms with van der Waals surface area (Å²) < 4.78 is 26.3. The molecule has 2 aromatic rings. The SMILES string of the molecule is CCN(C(=O)c1cc(F)ccc1Oc1nncnc1N1CCC2(C1)CN(C(C[C@H](CN(C)C)OC)C(C)C)C2)C(C)C. The first-order valence-corrected chi connectivity index (χ1v) is 15.1. The van der Waals surface area contributed by atoms with Gasteiger partial charge in [-0.3, -0.25) is 9.69 Å². The second kappa shape index (κ2) is 13.6. The van der Waals surface area contributed by atoms with Gasteiger partial charge in [0.2, 0.25) is 0 Å². The second-order valence-electron chi connectivity index (χ2n) is 12.8. The Morgan fingerprint density at radius 2 is 1.90 bits per heavy atom. The third kappa shape index (κ3) is 7.18. The molecule has 0 saturated carbocycles. The number of nitrogens with zero attached hydrogens (tertiary/aromatic N) is 7. The van der Waals surface area contributed by atoms with Crippen LogP contribution in [0.1, 0.15) is 57.8 Å². The van der Waals surface area contributed by atoms with Crippen LogP contribution in [-0.4, -0.2) is 114 Å². The van der Waals surface area contributed by atoms with Crippen LogP contribution in [0.25, 0.3) is 0 Å². The lowest BCUT2D eigenvalue weighted by Crippen LogP contribution is -2.62. The molecular weight excluding hydrogens is 537 g/mol. The summed E-state index contributed by atoms with van der Waals surface area (Å²) in [6.45, 7) is 15.5. The van der Waals surface area contributed by atoms with Gasteiger partial charge < -0.3 is 24.2 Å². The van der Waals surface area contributed by atoms with Gasteiger partial charge in [-0.05, 0) is 71.8 Å². The summed E-state index contributed by atoms with van der Waals surface area (Å²) in [5.74, 6) is 0.764. The second-order valence-corrected chi connectivity index (χ2v) is 12.8. The van der Waals surface area contributed by atoms with E-state index >= 15 is 0 Å². The first-order valence-electron chi connectivity index (χ1n) is 15.1. The highest BCUT2D eigenvalue weighted by Crippen LogP contribution is 2.44. The Morgan fingerprint density at radius 3 is 2.52 bits per heavy atom. The highest BCUT2D eigenvalue weighted by molar-refractivity contribution is 5.97. The number of halogens is 1. The van der Waals surface area contributed by atoms with Crippen molar-refractivity contribution in [3.05, 3.63) is 35.9 Å².